The van der Waals surface area contributed by atoms with Gasteiger partial charge in [-0.05, 0) is 24.7 Å². The average molecular weight is 293 g/mol. The molecular formula is C14H19N3O4. The molecule has 0 aromatic carbocycles. The van der Waals surface area contributed by atoms with Crippen LogP contribution in [0.1, 0.15) is 43.5 Å². The van der Waals surface area contributed by atoms with Gasteiger partial charge in [-0.1, -0.05) is 20.3 Å². The second kappa shape index (κ2) is 6.07. The minimum Gasteiger partial charge on any atom is -0.478 e. The molecular weight excluding hydrogens is 274 g/mol. The average Bonchev–Trinajstić information content (AvgIpc) is 2.79. The van der Waals surface area contributed by atoms with Gasteiger partial charge in [0.25, 0.3) is 0 Å². The van der Waals surface area contributed by atoms with Gasteiger partial charge in [-0.25, -0.2) is 9.78 Å². The zero-order chi connectivity index (χ0) is 15.6. The molecule has 2 N–H and O–H groups in total. The number of carbonyl (C=O) groups is 1. The first-order chi connectivity index (χ1) is 9.93. The number of aromatic nitrogens is 1. The van der Waals surface area contributed by atoms with Crippen LogP contribution < -0.4 is 5.32 Å². The van der Waals surface area contributed by atoms with Crippen molar-refractivity contribution in [1.29, 1.82) is 0 Å². The Balaban J connectivity index is 2.24. The highest BCUT2D eigenvalue weighted by molar-refractivity contribution is 5.88. The van der Waals surface area contributed by atoms with Crippen LogP contribution in [0.4, 0.5) is 11.5 Å². The molecule has 3 atom stereocenters. The van der Waals surface area contributed by atoms with Gasteiger partial charge < -0.3 is 10.4 Å². The zero-order valence-corrected chi connectivity index (χ0v) is 12.1. The summed E-state index contributed by atoms with van der Waals surface area (Å²) in [5.41, 5.74) is -0.472. The lowest BCUT2D eigenvalue weighted by Gasteiger charge is -2.21. The van der Waals surface area contributed by atoms with Crippen LogP contribution in [0.5, 0.6) is 0 Å². The molecule has 0 saturated heterocycles. The van der Waals surface area contributed by atoms with Crippen molar-refractivity contribution in [3.63, 3.8) is 0 Å². The monoisotopic (exact) mass is 293 g/mol. The molecule has 1 aromatic rings. The molecule has 1 aliphatic rings. The van der Waals surface area contributed by atoms with Gasteiger partial charge in [0, 0.05) is 18.3 Å². The van der Waals surface area contributed by atoms with E-state index in [1.165, 1.54) is 0 Å². The Bertz CT molecular complexity index is 561. The van der Waals surface area contributed by atoms with E-state index in [9.17, 15) is 14.9 Å². The predicted octanol–water partition coefficient (Wildman–Crippen LogP) is 2.92. The second-order valence-electron chi connectivity index (χ2n) is 5.51. The maximum absolute atomic E-state index is 11.1. The third-order valence-corrected chi connectivity index (χ3v) is 4.38. The highest BCUT2D eigenvalue weighted by Crippen LogP contribution is 2.36. The van der Waals surface area contributed by atoms with Crippen LogP contribution in [-0.2, 0) is 0 Å². The van der Waals surface area contributed by atoms with Gasteiger partial charge in [-0.3, -0.25) is 10.1 Å². The highest BCUT2D eigenvalue weighted by Gasteiger charge is 2.33. The zero-order valence-electron chi connectivity index (χ0n) is 12.1. The van der Waals surface area contributed by atoms with Crippen molar-refractivity contribution in [3.8, 4) is 0 Å². The molecule has 0 radical (unpaired) electrons. The SMILES string of the molecule is CCC1CCC(Nc2ncc(C(=O)O)cc2[N+](=O)[O-])C1C. The first-order valence-corrected chi connectivity index (χ1v) is 7.08. The Morgan fingerprint density at radius 2 is 2.29 bits per heavy atom. The normalized spacial score (nSPS) is 24.8. The molecule has 0 bridgehead atoms. The van der Waals surface area contributed by atoms with E-state index in [1.807, 2.05) is 0 Å². The number of aromatic carboxylic acids is 1. The van der Waals surface area contributed by atoms with Crippen LogP contribution in [0.2, 0.25) is 0 Å². The van der Waals surface area contributed by atoms with Gasteiger partial charge in [0.1, 0.15) is 0 Å². The van der Waals surface area contributed by atoms with Gasteiger partial charge in [0.15, 0.2) is 0 Å². The molecule has 2 rings (SSSR count). The number of hydrogen-bond acceptors (Lipinski definition) is 5. The van der Waals surface area contributed by atoms with Crippen LogP contribution in [-0.4, -0.2) is 27.0 Å². The molecule has 7 nitrogen and oxygen atoms in total. The van der Waals surface area contributed by atoms with Crippen molar-refractivity contribution in [3.05, 3.63) is 27.9 Å². The van der Waals surface area contributed by atoms with Crippen LogP contribution in [0.15, 0.2) is 12.3 Å². The van der Waals surface area contributed by atoms with Crippen LogP contribution in [0.25, 0.3) is 0 Å². The number of nitrogens with one attached hydrogen (secondary N) is 1. The summed E-state index contributed by atoms with van der Waals surface area (Å²) in [4.78, 5) is 25.3. The van der Waals surface area contributed by atoms with Crippen LogP contribution >= 0.6 is 0 Å². The van der Waals surface area contributed by atoms with Crippen molar-refractivity contribution < 1.29 is 14.8 Å². The third kappa shape index (κ3) is 3.12. The Morgan fingerprint density at radius 1 is 1.57 bits per heavy atom. The van der Waals surface area contributed by atoms with Crippen molar-refractivity contribution >= 4 is 17.5 Å². The lowest BCUT2D eigenvalue weighted by Crippen LogP contribution is -2.25. The van der Waals surface area contributed by atoms with Gasteiger partial charge in [-0.2, -0.15) is 0 Å². The van der Waals surface area contributed by atoms with Gasteiger partial charge in [-0.15, -0.1) is 0 Å². The third-order valence-electron chi connectivity index (χ3n) is 4.38. The molecule has 21 heavy (non-hydrogen) atoms. The van der Waals surface area contributed by atoms with E-state index in [4.69, 9.17) is 5.11 Å². The van der Waals surface area contributed by atoms with E-state index < -0.39 is 10.9 Å². The van der Waals surface area contributed by atoms with Crippen LogP contribution in [0.3, 0.4) is 0 Å². The lowest BCUT2D eigenvalue weighted by molar-refractivity contribution is -0.384. The summed E-state index contributed by atoms with van der Waals surface area (Å²) in [5, 5.41) is 23.1. The molecule has 1 aliphatic carbocycles. The Kier molecular flexibility index (Phi) is 4.40. The number of anilines is 1. The maximum Gasteiger partial charge on any atom is 0.337 e. The number of nitro groups is 1. The minimum absolute atomic E-state index is 0.136. The first-order valence-electron chi connectivity index (χ1n) is 7.08. The van der Waals surface area contributed by atoms with Gasteiger partial charge in [0.2, 0.25) is 5.82 Å². The van der Waals surface area contributed by atoms with E-state index in [0.717, 1.165) is 31.5 Å². The Morgan fingerprint density at radius 3 is 2.81 bits per heavy atom. The molecule has 7 heteroatoms. The van der Waals surface area contributed by atoms with Crippen molar-refractivity contribution in [2.45, 2.75) is 39.2 Å². The Labute approximate surface area is 122 Å². The van der Waals surface area contributed by atoms with E-state index in [0.29, 0.717) is 11.8 Å². The molecule has 1 fully saturated rings. The highest BCUT2D eigenvalue weighted by atomic mass is 16.6. The van der Waals surface area contributed by atoms with E-state index in [2.05, 4.69) is 24.1 Å². The molecule has 0 spiro atoms. The van der Waals surface area contributed by atoms with Crippen molar-refractivity contribution in [1.82, 2.24) is 4.98 Å². The largest absolute Gasteiger partial charge is 0.478 e. The lowest BCUT2D eigenvalue weighted by atomic mass is 9.93. The number of nitrogens with zero attached hydrogens (tertiary/aromatic N) is 2. The molecule has 0 amide bonds. The standard InChI is InChI=1S/C14H19N3O4/c1-3-9-4-5-11(8(9)2)16-13-12(17(20)21)6-10(7-15-13)14(18)19/h6-9,11H,3-5H2,1-2H3,(H,15,16)(H,18,19). The molecule has 0 aliphatic heterocycles. The fourth-order valence-corrected chi connectivity index (χ4v) is 3.02. The summed E-state index contributed by atoms with van der Waals surface area (Å²) in [6.45, 7) is 4.28. The Hall–Kier alpha value is -2.18. The molecule has 1 heterocycles. The summed E-state index contributed by atoms with van der Waals surface area (Å²) < 4.78 is 0. The number of rotatable bonds is 5. The second-order valence-corrected chi connectivity index (χ2v) is 5.51. The summed E-state index contributed by atoms with van der Waals surface area (Å²) in [5.74, 6) is -0.0496. The van der Waals surface area contributed by atoms with Crippen LogP contribution in [0, 0.1) is 22.0 Å². The molecule has 114 valence electrons. The first kappa shape index (κ1) is 15.2. The molecule has 1 saturated carbocycles. The summed E-state index contributed by atoms with van der Waals surface area (Å²) >= 11 is 0. The molecule has 3 unspecified atom stereocenters. The fourth-order valence-electron chi connectivity index (χ4n) is 3.02. The number of hydrogen-bond donors (Lipinski definition) is 2. The fraction of sp³-hybridized carbons (Fsp3) is 0.571. The topological polar surface area (TPSA) is 105 Å². The van der Waals surface area contributed by atoms with E-state index in [-0.39, 0.29) is 23.1 Å². The number of pyridine rings is 1. The van der Waals surface area contributed by atoms with E-state index >= 15 is 0 Å². The maximum atomic E-state index is 11.1. The number of carboxylic acid groups (broad SMARTS) is 1. The molecule has 1 aromatic heterocycles. The summed E-state index contributed by atoms with van der Waals surface area (Å²) in [6, 6.07) is 1.19. The number of carboxylic acids is 1. The summed E-state index contributed by atoms with van der Waals surface area (Å²) in [7, 11) is 0. The van der Waals surface area contributed by atoms with E-state index in [1.54, 1.807) is 0 Å². The van der Waals surface area contributed by atoms with Gasteiger partial charge >= 0.3 is 11.7 Å². The van der Waals surface area contributed by atoms with Crippen molar-refractivity contribution in [2.24, 2.45) is 11.8 Å². The predicted molar refractivity (Wildman–Crippen MR) is 77.4 cm³/mol. The summed E-state index contributed by atoms with van der Waals surface area (Å²) in [6.07, 6.45) is 4.27. The minimum atomic E-state index is -1.22. The smallest absolute Gasteiger partial charge is 0.337 e. The van der Waals surface area contributed by atoms with Crippen molar-refractivity contribution in [2.75, 3.05) is 5.32 Å². The quantitative estimate of drug-likeness (QED) is 0.638. The van der Waals surface area contributed by atoms with Gasteiger partial charge in [0.05, 0.1) is 10.5 Å².